The summed E-state index contributed by atoms with van der Waals surface area (Å²) >= 11 is 0. The number of methoxy groups -OCH3 is 1. The molecular formula is C20H26N4O4. The van der Waals surface area contributed by atoms with Crippen LogP contribution in [0, 0.1) is 6.92 Å². The molecule has 1 aromatic heterocycles. The number of amides is 2. The summed E-state index contributed by atoms with van der Waals surface area (Å²) in [6.07, 6.45) is 1.78. The second-order valence-electron chi connectivity index (χ2n) is 7.01. The number of likely N-dealkylation sites (tertiary alicyclic amines) is 1. The van der Waals surface area contributed by atoms with Gasteiger partial charge in [0.15, 0.2) is 5.82 Å². The molecule has 2 aromatic rings. The largest absolute Gasteiger partial charge is 0.375 e. The van der Waals surface area contributed by atoms with Crippen molar-refractivity contribution in [2.45, 2.75) is 38.1 Å². The lowest BCUT2D eigenvalue weighted by Gasteiger charge is -2.37. The molecule has 1 fully saturated rings. The molecule has 1 aromatic carbocycles. The van der Waals surface area contributed by atoms with Crippen LogP contribution in [0.1, 0.15) is 36.0 Å². The van der Waals surface area contributed by atoms with E-state index < -0.39 is 0 Å². The van der Waals surface area contributed by atoms with Crippen molar-refractivity contribution in [1.82, 2.24) is 20.4 Å². The molecule has 2 heterocycles. The van der Waals surface area contributed by atoms with Gasteiger partial charge in [-0.05, 0) is 25.3 Å². The third-order valence-corrected chi connectivity index (χ3v) is 4.92. The first-order chi connectivity index (χ1) is 13.6. The Hall–Kier alpha value is -2.74. The molecule has 2 atom stereocenters. The van der Waals surface area contributed by atoms with E-state index in [0.717, 1.165) is 5.56 Å². The fourth-order valence-electron chi connectivity index (χ4n) is 3.52. The number of hydrogen-bond donors (Lipinski definition) is 1. The monoisotopic (exact) mass is 386 g/mol. The minimum atomic E-state index is -0.295. The van der Waals surface area contributed by atoms with E-state index in [1.54, 1.807) is 11.8 Å². The highest BCUT2D eigenvalue weighted by molar-refractivity contribution is 5.78. The van der Waals surface area contributed by atoms with E-state index >= 15 is 0 Å². The molecule has 1 aliphatic rings. The predicted octanol–water partition coefficient (Wildman–Crippen LogP) is 1.46. The predicted molar refractivity (Wildman–Crippen MR) is 102 cm³/mol. The summed E-state index contributed by atoms with van der Waals surface area (Å²) in [5.41, 5.74) is 1.14. The fourth-order valence-corrected chi connectivity index (χ4v) is 3.52. The average Bonchev–Trinajstić information content (AvgIpc) is 3.13. The number of carbonyl (C=O) groups is 2. The lowest BCUT2D eigenvalue weighted by atomic mass is 9.90. The Balaban J connectivity index is 1.65. The van der Waals surface area contributed by atoms with Crippen LogP contribution in [0.5, 0.6) is 0 Å². The lowest BCUT2D eigenvalue weighted by Crippen LogP contribution is -2.53. The number of aromatic nitrogens is 2. The number of carbonyl (C=O) groups excluding carboxylic acids is 2. The molecule has 8 heteroatoms. The van der Waals surface area contributed by atoms with Gasteiger partial charge in [-0.1, -0.05) is 35.5 Å². The van der Waals surface area contributed by atoms with Crippen LogP contribution in [0.3, 0.4) is 0 Å². The van der Waals surface area contributed by atoms with Crippen LogP contribution in [0.15, 0.2) is 34.9 Å². The van der Waals surface area contributed by atoms with Crippen LogP contribution < -0.4 is 5.32 Å². The molecule has 0 spiro atoms. The van der Waals surface area contributed by atoms with Crippen LogP contribution in [0.4, 0.5) is 0 Å². The van der Waals surface area contributed by atoms with Crippen molar-refractivity contribution >= 4 is 11.8 Å². The number of aryl methyl sites for hydroxylation is 2. The van der Waals surface area contributed by atoms with Crippen LogP contribution in [-0.4, -0.2) is 59.7 Å². The van der Waals surface area contributed by atoms with E-state index in [9.17, 15) is 9.59 Å². The van der Waals surface area contributed by atoms with Gasteiger partial charge in [-0.25, -0.2) is 0 Å². The van der Waals surface area contributed by atoms with Crippen LogP contribution in [0.2, 0.25) is 0 Å². The van der Waals surface area contributed by atoms with E-state index in [1.807, 2.05) is 30.3 Å². The normalized spacial score (nSPS) is 19.4. The molecule has 1 saturated heterocycles. The summed E-state index contributed by atoms with van der Waals surface area (Å²) in [5.74, 6) is 0.775. The fraction of sp³-hybridized carbons (Fsp3) is 0.500. The topological polar surface area (TPSA) is 97.6 Å². The number of nitrogens with zero attached hydrogens (tertiary/aromatic N) is 3. The zero-order valence-corrected chi connectivity index (χ0v) is 16.3. The summed E-state index contributed by atoms with van der Waals surface area (Å²) in [4.78, 5) is 30.9. The summed E-state index contributed by atoms with van der Waals surface area (Å²) in [6.45, 7) is 2.73. The maximum Gasteiger partial charge on any atom is 0.246 e. The second kappa shape index (κ2) is 9.45. The first kappa shape index (κ1) is 20.0. The quantitative estimate of drug-likeness (QED) is 0.774. The Morgan fingerprint density at radius 1 is 1.32 bits per heavy atom. The molecule has 0 saturated carbocycles. The Labute approximate surface area is 164 Å². The zero-order chi connectivity index (χ0) is 19.9. The maximum atomic E-state index is 12.7. The van der Waals surface area contributed by atoms with E-state index in [4.69, 9.17) is 9.26 Å². The van der Waals surface area contributed by atoms with Crippen molar-refractivity contribution in [1.29, 1.82) is 0 Å². The average molecular weight is 386 g/mol. The molecule has 8 nitrogen and oxygen atoms in total. The number of hydrogen-bond acceptors (Lipinski definition) is 6. The van der Waals surface area contributed by atoms with Crippen molar-refractivity contribution in [2.75, 3.05) is 26.8 Å². The van der Waals surface area contributed by atoms with Crippen LogP contribution in [0.25, 0.3) is 0 Å². The van der Waals surface area contributed by atoms with E-state index in [1.165, 1.54) is 7.11 Å². The van der Waals surface area contributed by atoms with Gasteiger partial charge in [-0.15, -0.1) is 0 Å². The van der Waals surface area contributed by atoms with Gasteiger partial charge in [0.05, 0.1) is 12.0 Å². The standard InChI is InChI=1S/C20H26N4O4/c1-14-21-20(28-23-14)16-10-11-24(12-17(16)22-18(25)13-27-2)19(26)9-8-15-6-4-3-5-7-15/h3-7,16-17H,8-13H2,1-2H3,(H,22,25)/t16-,17+/m0/s1. The Morgan fingerprint density at radius 2 is 2.11 bits per heavy atom. The summed E-state index contributed by atoms with van der Waals surface area (Å²) in [7, 11) is 1.47. The highest BCUT2D eigenvalue weighted by Gasteiger charge is 2.36. The Bertz CT molecular complexity index is 793. The van der Waals surface area contributed by atoms with Gasteiger partial charge in [0.1, 0.15) is 6.61 Å². The summed E-state index contributed by atoms with van der Waals surface area (Å²) in [6, 6.07) is 9.65. The third kappa shape index (κ3) is 5.16. The molecule has 1 N–H and O–H groups in total. The number of nitrogens with one attached hydrogen (secondary N) is 1. The Morgan fingerprint density at radius 3 is 2.79 bits per heavy atom. The molecule has 3 rings (SSSR count). The lowest BCUT2D eigenvalue weighted by molar-refractivity contribution is -0.134. The zero-order valence-electron chi connectivity index (χ0n) is 16.3. The second-order valence-corrected chi connectivity index (χ2v) is 7.01. The molecule has 0 bridgehead atoms. The van der Waals surface area contributed by atoms with Crippen molar-refractivity contribution in [2.24, 2.45) is 0 Å². The van der Waals surface area contributed by atoms with Gasteiger partial charge in [-0.2, -0.15) is 4.98 Å². The molecule has 150 valence electrons. The van der Waals surface area contributed by atoms with Crippen molar-refractivity contribution in [3.63, 3.8) is 0 Å². The highest BCUT2D eigenvalue weighted by Crippen LogP contribution is 2.28. The van der Waals surface area contributed by atoms with Crippen molar-refractivity contribution in [3.05, 3.63) is 47.6 Å². The summed E-state index contributed by atoms with van der Waals surface area (Å²) < 4.78 is 10.2. The van der Waals surface area contributed by atoms with E-state index in [2.05, 4.69) is 15.5 Å². The maximum absolute atomic E-state index is 12.7. The molecule has 0 unspecified atom stereocenters. The van der Waals surface area contributed by atoms with Gasteiger partial charge in [-0.3, -0.25) is 9.59 Å². The number of piperidine rings is 1. The first-order valence-corrected chi connectivity index (χ1v) is 9.47. The van der Waals surface area contributed by atoms with Crippen molar-refractivity contribution in [3.8, 4) is 0 Å². The third-order valence-electron chi connectivity index (χ3n) is 4.92. The number of rotatable bonds is 7. The molecule has 28 heavy (non-hydrogen) atoms. The SMILES string of the molecule is COCC(=O)N[C@@H]1CN(C(=O)CCc2ccccc2)CC[C@@H]1c1nc(C)no1. The highest BCUT2D eigenvalue weighted by atomic mass is 16.5. The molecule has 0 aliphatic carbocycles. The van der Waals surface area contributed by atoms with E-state index in [-0.39, 0.29) is 30.4 Å². The first-order valence-electron chi connectivity index (χ1n) is 9.47. The molecule has 1 aliphatic heterocycles. The minimum absolute atomic E-state index is 0.0337. The molecule has 2 amide bonds. The molecular weight excluding hydrogens is 360 g/mol. The summed E-state index contributed by atoms with van der Waals surface area (Å²) in [5, 5.41) is 6.81. The van der Waals surface area contributed by atoms with Crippen molar-refractivity contribution < 1.29 is 18.8 Å². The Kier molecular flexibility index (Phi) is 6.76. The van der Waals surface area contributed by atoms with Gasteiger partial charge in [0, 0.05) is 26.6 Å². The van der Waals surface area contributed by atoms with Gasteiger partial charge in [0.25, 0.3) is 0 Å². The minimum Gasteiger partial charge on any atom is -0.375 e. The number of benzene rings is 1. The van der Waals surface area contributed by atoms with Gasteiger partial charge < -0.3 is 19.5 Å². The number of ether oxygens (including phenoxy) is 1. The smallest absolute Gasteiger partial charge is 0.246 e. The van der Waals surface area contributed by atoms with E-state index in [0.29, 0.717) is 44.1 Å². The van der Waals surface area contributed by atoms with Gasteiger partial charge in [0.2, 0.25) is 17.7 Å². The molecule has 0 radical (unpaired) electrons. The van der Waals surface area contributed by atoms with Gasteiger partial charge >= 0.3 is 0 Å². The van der Waals surface area contributed by atoms with Crippen LogP contribution in [-0.2, 0) is 20.7 Å². The van der Waals surface area contributed by atoms with Crippen LogP contribution >= 0.6 is 0 Å².